The van der Waals surface area contributed by atoms with E-state index in [4.69, 9.17) is 21.9 Å². The van der Waals surface area contributed by atoms with Crippen LogP contribution in [0, 0.1) is 5.92 Å². The topological polar surface area (TPSA) is 183 Å². The van der Waals surface area contributed by atoms with E-state index in [1.54, 1.807) is 23.1 Å². The zero-order valence-electron chi connectivity index (χ0n) is 21.7. The predicted octanol–water partition coefficient (Wildman–Crippen LogP) is 1.15. The molecule has 2 atom stereocenters. The molecule has 39 heavy (non-hydrogen) atoms. The third-order valence-corrected chi connectivity index (χ3v) is 7.93. The molecule has 2 aromatic rings. The van der Waals surface area contributed by atoms with Crippen molar-refractivity contribution in [2.24, 2.45) is 28.1 Å². The number of morpholine rings is 1. The van der Waals surface area contributed by atoms with Gasteiger partial charge in [-0.15, -0.1) is 0 Å². The quantitative estimate of drug-likeness (QED) is 0.170. The van der Waals surface area contributed by atoms with E-state index in [2.05, 4.69) is 10.3 Å². The fourth-order valence-corrected chi connectivity index (χ4v) is 5.32. The van der Waals surface area contributed by atoms with E-state index in [9.17, 15) is 18.0 Å². The van der Waals surface area contributed by atoms with Gasteiger partial charge in [0, 0.05) is 25.6 Å². The highest BCUT2D eigenvalue weighted by Crippen LogP contribution is 2.21. The molecule has 0 aromatic heterocycles. The number of guanidine groups is 1. The van der Waals surface area contributed by atoms with E-state index in [0.717, 1.165) is 5.56 Å². The second kappa shape index (κ2) is 14.3. The van der Waals surface area contributed by atoms with E-state index in [1.807, 2.05) is 30.3 Å². The molecule has 1 aliphatic heterocycles. The Balaban J connectivity index is 1.91. The summed E-state index contributed by atoms with van der Waals surface area (Å²) in [6, 6.07) is 15.7. The molecule has 12 heteroatoms. The van der Waals surface area contributed by atoms with Crippen molar-refractivity contribution in [3.63, 3.8) is 0 Å². The van der Waals surface area contributed by atoms with Crippen LogP contribution in [0.2, 0.25) is 0 Å². The molecule has 0 radical (unpaired) electrons. The normalized spacial score (nSPS) is 15.7. The van der Waals surface area contributed by atoms with Crippen molar-refractivity contribution in [1.29, 1.82) is 0 Å². The van der Waals surface area contributed by atoms with Crippen LogP contribution in [0.3, 0.4) is 0 Å². The number of amides is 2. The van der Waals surface area contributed by atoms with E-state index in [0.29, 0.717) is 32.7 Å². The minimum atomic E-state index is -4.03. The highest BCUT2D eigenvalue weighted by molar-refractivity contribution is 7.95. The molecular weight excluding hydrogens is 520 g/mol. The molecule has 2 amide bonds. The van der Waals surface area contributed by atoms with Crippen molar-refractivity contribution in [2.45, 2.75) is 30.2 Å². The largest absolute Gasteiger partial charge is 0.389 e. The van der Waals surface area contributed by atoms with Gasteiger partial charge in [-0.3, -0.25) is 9.79 Å². The van der Waals surface area contributed by atoms with Gasteiger partial charge in [0.05, 0.1) is 24.2 Å². The van der Waals surface area contributed by atoms with Gasteiger partial charge in [-0.2, -0.15) is 0 Å². The zero-order chi connectivity index (χ0) is 28.3. The summed E-state index contributed by atoms with van der Waals surface area (Å²) in [7, 11) is -4.03. The van der Waals surface area contributed by atoms with Crippen LogP contribution in [-0.4, -0.2) is 70.0 Å². The first kappa shape index (κ1) is 29.7. The Morgan fingerprint density at radius 1 is 1.00 bits per heavy atom. The van der Waals surface area contributed by atoms with Gasteiger partial charge in [0.2, 0.25) is 9.84 Å². The summed E-state index contributed by atoms with van der Waals surface area (Å²) in [4.78, 5) is 32.6. The third-order valence-electron chi connectivity index (χ3n) is 6.28. The Hall–Kier alpha value is -3.90. The summed E-state index contributed by atoms with van der Waals surface area (Å²) in [6.07, 6.45) is 2.09. The van der Waals surface area contributed by atoms with Crippen LogP contribution >= 0.6 is 0 Å². The van der Waals surface area contributed by atoms with E-state index in [-0.39, 0.29) is 42.1 Å². The number of benzene rings is 2. The maximum absolute atomic E-state index is 14.0. The van der Waals surface area contributed by atoms with Gasteiger partial charge in [-0.25, -0.2) is 13.2 Å². The lowest BCUT2D eigenvalue weighted by molar-refractivity contribution is -0.123. The van der Waals surface area contributed by atoms with E-state index >= 15 is 0 Å². The average Bonchev–Trinajstić information content (AvgIpc) is 2.95. The minimum Gasteiger partial charge on any atom is -0.389 e. The molecule has 0 spiro atoms. The van der Waals surface area contributed by atoms with Gasteiger partial charge in [0.15, 0.2) is 11.7 Å². The number of carbonyl (C=O) groups excluding carboxylic acids is 2. The fraction of sp³-hybridized carbons (Fsp3) is 0.370. The second-order valence-corrected chi connectivity index (χ2v) is 11.1. The third kappa shape index (κ3) is 8.82. The first-order chi connectivity index (χ1) is 18.7. The zero-order valence-corrected chi connectivity index (χ0v) is 22.6. The molecule has 1 aliphatic rings. The van der Waals surface area contributed by atoms with Crippen LogP contribution < -0.4 is 22.5 Å². The monoisotopic (exact) mass is 556 g/mol. The summed E-state index contributed by atoms with van der Waals surface area (Å²) in [6.45, 7) is 1.88. The van der Waals surface area contributed by atoms with Crippen LogP contribution in [-0.2, 0) is 25.8 Å². The molecule has 0 bridgehead atoms. The number of nitrogens with two attached hydrogens (primary N) is 3. The van der Waals surface area contributed by atoms with Gasteiger partial charge in [0.25, 0.3) is 0 Å². The van der Waals surface area contributed by atoms with E-state index < -0.39 is 26.8 Å². The lowest BCUT2D eigenvalue weighted by atomic mass is 9.90. The number of sulfone groups is 1. The van der Waals surface area contributed by atoms with Crippen molar-refractivity contribution in [3.8, 4) is 0 Å². The molecule has 0 aliphatic carbocycles. The molecule has 0 unspecified atom stereocenters. The van der Waals surface area contributed by atoms with Gasteiger partial charge >= 0.3 is 6.03 Å². The number of rotatable bonds is 12. The number of aliphatic imine (C=N–C) groups is 1. The molecular formula is C27H36N6O5S. The summed E-state index contributed by atoms with van der Waals surface area (Å²) < 4.78 is 31.5. The Kier molecular flexibility index (Phi) is 10.9. The standard InChI is InChI=1S/C27H36N6O5S/c28-24(39(36,37)22-11-5-2-6-12-22)19-21(10-7-13-31-26(29)30)25(34)23(18-20-8-3-1-4-9-20)32-27(35)33-14-16-38-17-15-33/h1-6,8-9,11-12,19,21,23H,7,10,13-18,28H2,(H,32,35)(H4,29,30,31)/b24-19+/t21-,23-/m0/s1. The van der Waals surface area contributed by atoms with Crippen molar-refractivity contribution in [3.05, 3.63) is 77.3 Å². The Labute approximate surface area is 229 Å². The summed E-state index contributed by atoms with van der Waals surface area (Å²) in [5, 5.41) is 2.42. The molecule has 11 nitrogen and oxygen atoms in total. The van der Waals surface area contributed by atoms with Crippen LogP contribution in [0.1, 0.15) is 18.4 Å². The van der Waals surface area contributed by atoms with Crippen LogP contribution in [0.5, 0.6) is 0 Å². The lowest BCUT2D eigenvalue weighted by Crippen LogP contribution is -2.52. The first-order valence-electron chi connectivity index (χ1n) is 12.7. The number of Topliss-reactive ketones (excluding diaryl/α,β-unsaturated/α-hetero) is 1. The van der Waals surface area contributed by atoms with E-state index in [1.165, 1.54) is 18.2 Å². The van der Waals surface area contributed by atoms with Crippen LogP contribution in [0.15, 0.2) is 81.7 Å². The smallest absolute Gasteiger partial charge is 0.318 e. The SMILES string of the molecule is NC(N)=NCCC[C@@H](/C=C(\N)S(=O)(=O)c1ccccc1)C(=O)[C@H](Cc1ccccc1)NC(=O)N1CCOCC1. The predicted molar refractivity (Wildman–Crippen MR) is 149 cm³/mol. The number of hydrogen-bond acceptors (Lipinski definition) is 7. The van der Waals surface area contributed by atoms with Crippen molar-refractivity contribution >= 4 is 27.6 Å². The number of urea groups is 1. The van der Waals surface area contributed by atoms with Crippen LogP contribution in [0.25, 0.3) is 0 Å². The minimum absolute atomic E-state index is 0.0203. The first-order valence-corrected chi connectivity index (χ1v) is 14.2. The van der Waals surface area contributed by atoms with Gasteiger partial charge < -0.3 is 32.2 Å². The summed E-state index contributed by atoms with van der Waals surface area (Å²) >= 11 is 0. The Morgan fingerprint density at radius 2 is 1.62 bits per heavy atom. The van der Waals surface area contributed by atoms with Gasteiger partial charge in [-0.1, -0.05) is 48.5 Å². The number of ether oxygens (including phenoxy) is 1. The second-order valence-electron chi connectivity index (χ2n) is 9.13. The van der Waals surface area contributed by atoms with Crippen molar-refractivity contribution in [2.75, 3.05) is 32.8 Å². The number of carbonyl (C=O) groups is 2. The fourth-order valence-electron chi connectivity index (χ4n) is 4.19. The Bertz CT molecular complexity index is 1260. The molecule has 0 saturated carbocycles. The summed E-state index contributed by atoms with van der Waals surface area (Å²) in [5.41, 5.74) is 17.8. The average molecular weight is 557 g/mol. The maximum Gasteiger partial charge on any atom is 0.318 e. The highest BCUT2D eigenvalue weighted by atomic mass is 32.2. The number of nitrogens with one attached hydrogen (secondary N) is 1. The summed E-state index contributed by atoms with van der Waals surface area (Å²) in [5.74, 6) is -1.37. The van der Waals surface area contributed by atoms with Gasteiger partial charge in [-0.05, 0) is 43.0 Å². The molecule has 3 rings (SSSR count). The molecule has 7 N–H and O–H groups in total. The molecule has 2 aromatic carbocycles. The van der Waals surface area contributed by atoms with Gasteiger partial charge in [0.1, 0.15) is 5.03 Å². The maximum atomic E-state index is 14.0. The molecule has 1 saturated heterocycles. The molecule has 1 heterocycles. The lowest BCUT2D eigenvalue weighted by Gasteiger charge is -2.30. The Morgan fingerprint density at radius 3 is 2.23 bits per heavy atom. The number of nitrogens with zero attached hydrogens (tertiary/aromatic N) is 2. The number of hydrogen-bond donors (Lipinski definition) is 4. The van der Waals surface area contributed by atoms with Crippen LogP contribution in [0.4, 0.5) is 4.79 Å². The van der Waals surface area contributed by atoms with Crippen molar-refractivity contribution < 1.29 is 22.7 Å². The number of ketones is 1. The highest BCUT2D eigenvalue weighted by Gasteiger charge is 2.31. The number of allylic oxidation sites excluding steroid dienone is 1. The molecule has 1 fully saturated rings. The van der Waals surface area contributed by atoms with Crippen molar-refractivity contribution in [1.82, 2.24) is 10.2 Å². The molecule has 210 valence electrons.